The van der Waals surface area contributed by atoms with E-state index >= 15 is 0 Å². The number of hydrogen-bond donors (Lipinski definition) is 1. The van der Waals surface area contributed by atoms with Crippen LogP contribution in [0.5, 0.6) is 0 Å². The van der Waals surface area contributed by atoms with Gasteiger partial charge in [-0.1, -0.05) is 23.5 Å². The molecule has 31 heavy (non-hydrogen) atoms. The minimum atomic E-state index is -3.53. The van der Waals surface area contributed by atoms with Gasteiger partial charge in [-0.05, 0) is 48.7 Å². The summed E-state index contributed by atoms with van der Waals surface area (Å²) in [5, 5.41) is 3.05. The van der Waals surface area contributed by atoms with E-state index in [2.05, 4.69) is 10.3 Å². The molecule has 0 spiro atoms. The second kappa shape index (κ2) is 8.30. The maximum Gasteiger partial charge on any atom is 0.257 e. The minimum absolute atomic E-state index is 0.149. The van der Waals surface area contributed by atoms with Crippen LogP contribution in [0.1, 0.15) is 28.8 Å². The van der Waals surface area contributed by atoms with Crippen LogP contribution in [0.2, 0.25) is 0 Å². The SMILES string of the molecule is CS(=O)(=O)Cc1cccc(C(=O)Nc2nc3ccc(S(=O)(=O)N4CCCC4)cc3s2)c1. The van der Waals surface area contributed by atoms with Gasteiger partial charge in [-0.15, -0.1) is 0 Å². The summed E-state index contributed by atoms with van der Waals surface area (Å²) >= 11 is 1.19. The van der Waals surface area contributed by atoms with Crippen LogP contribution < -0.4 is 5.32 Å². The molecule has 0 saturated carbocycles. The third kappa shape index (κ3) is 4.95. The molecule has 0 bridgehead atoms. The Kier molecular flexibility index (Phi) is 5.86. The van der Waals surface area contributed by atoms with Crippen molar-refractivity contribution in [3.63, 3.8) is 0 Å². The molecule has 0 unspecified atom stereocenters. The number of sulfone groups is 1. The van der Waals surface area contributed by atoms with Crippen molar-refractivity contribution in [2.75, 3.05) is 24.7 Å². The number of anilines is 1. The second-order valence-corrected chi connectivity index (χ2v) is 12.6. The number of hydrogen-bond acceptors (Lipinski definition) is 7. The molecular weight excluding hydrogens is 458 g/mol. The quantitative estimate of drug-likeness (QED) is 0.582. The Hall–Kier alpha value is -2.34. The average Bonchev–Trinajstić information content (AvgIpc) is 3.36. The lowest BCUT2D eigenvalue weighted by Crippen LogP contribution is -2.27. The van der Waals surface area contributed by atoms with Crippen LogP contribution >= 0.6 is 11.3 Å². The molecule has 1 aliphatic heterocycles. The number of rotatable bonds is 6. The molecule has 2 aromatic carbocycles. The second-order valence-electron chi connectivity index (χ2n) is 7.48. The van der Waals surface area contributed by atoms with Crippen LogP contribution in [0, 0.1) is 0 Å². The predicted octanol–water partition coefficient (Wildman–Crippen LogP) is 2.88. The topological polar surface area (TPSA) is 114 Å². The highest BCUT2D eigenvalue weighted by Gasteiger charge is 2.27. The largest absolute Gasteiger partial charge is 0.298 e. The maximum absolute atomic E-state index is 12.8. The molecule has 2 heterocycles. The number of nitrogens with zero attached hydrogens (tertiary/aromatic N) is 2. The Labute approximate surface area is 184 Å². The summed E-state index contributed by atoms with van der Waals surface area (Å²) in [5.74, 6) is -0.567. The van der Waals surface area contributed by atoms with Crippen LogP contribution in [0.15, 0.2) is 47.4 Å². The zero-order chi connectivity index (χ0) is 22.2. The van der Waals surface area contributed by atoms with Crippen LogP contribution in [0.3, 0.4) is 0 Å². The zero-order valence-electron chi connectivity index (χ0n) is 16.7. The van der Waals surface area contributed by atoms with Gasteiger partial charge in [0.15, 0.2) is 15.0 Å². The normalized spacial score (nSPS) is 15.4. The maximum atomic E-state index is 12.8. The van der Waals surface area contributed by atoms with Crippen molar-refractivity contribution in [2.45, 2.75) is 23.5 Å². The monoisotopic (exact) mass is 479 g/mol. The number of aromatic nitrogens is 1. The highest BCUT2D eigenvalue weighted by Crippen LogP contribution is 2.30. The summed E-state index contributed by atoms with van der Waals surface area (Å²) in [5.41, 5.74) is 1.43. The van der Waals surface area contributed by atoms with Gasteiger partial charge in [0.1, 0.15) is 0 Å². The summed E-state index contributed by atoms with van der Waals surface area (Å²) in [6.45, 7) is 1.06. The molecule has 0 atom stereocenters. The first-order chi connectivity index (χ1) is 14.6. The molecular formula is C20H21N3O5S3. The molecule has 1 N–H and O–H groups in total. The van der Waals surface area contributed by atoms with E-state index in [1.54, 1.807) is 30.3 Å². The van der Waals surface area contributed by atoms with Crippen molar-refractivity contribution in [3.8, 4) is 0 Å². The lowest BCUT2D eigenvalue weighted by Gasteiger charge is -2.15. The van der Waals surface area contributed by atoms with Crippen LogP contribution in [0.25, 0.3) is 10.2 Å². The molecule has 4 rings (SSSR count). The van der Waals surface area contributed by atoms with Crippen LogP contribution in [-0.2, 0) is 25.6 Å². The molecule has 164 valence electrons. The fraction of sp³-hybridized carbons (Fsp3) is 0.300. The van der Waals surface area contributed by atoms with Crippen molar-refractivity contribution >= 4 is 52.5 Å². The molecule has 1 amide bonds. The molecule has 3 aromatic rings. The Bertz CT molecular complexity index is 1360. The van der Waals surface area contributed by atoms with E-state index in [0.29, 0.717) is 39.6 Å². The van der Waals surface area contributed by atoms with Gasteiger partial charge < -0.3 is 0 Å². The zero-order valence-corrected chi connectivity index (χ0v) is 19.2. The number of carbonyl (C=O) groups excluding carboxylic acids is 1. The minimum Gasteiger partial charge on any atom is -0.298 e. The van der Waals surface area contributed by atoms with Crippen molar-refractivity contribution in [1.29, 1.82) is 0 Å². The molecule has 1 aliphatic rings. The van der Waals surface area contributed by atoms with E-state index in [9.17, 15) is 21.6 Å². The van der Waals surface area contributed by atoms with E-state index in [1.165, 1.54) is 27.8 Å². The number of fused-ring (bicyclic) bond motifs is 1. The fourth-order valence-electron chi connectivity index (χ4n) is 3.47. The molecule has 1 aromatic heterocycles. The summed E-state index contributed by atoms with van der Waals surface area (Å²) in [6.07, 6.45) is 2.87. The van der Waals surface area contributed by atoms with Gasteiger partial charge in [0.05, 0.1) is 20.9 Å². The number of carbonyl (C=O) groups is 1. The Morgan fingerprint density at radius 2 is 1.84 bits per heavy atom. The van der Waals surface area contributed by atoms with E-state index in [0.717, 1.165) is 19.1 Å². The van der Waals surface area contributed by atoms with Gasteiger partial charge in [0.25, 0.3) is 5.91 Å². The van der Waals surface area contributed by atoms with E-state index < -0.39 is 25.8 Å². The third-order valence-corrected chi connectivity index (χ3v) is 8.59. The van der Waals surface area contributed by atoms with Crippen molar-refractivity contribution in [3.05, 3.63) is 53.6 Å². The van der Waals surface area contributed by atoms with Crippen molar-refractivity contribution in [2.24, 2.45) is 0 Å². The Morgan fingerprint density at radius 3 is 2.55 bits per heavy atom. The molecule has 1 saturated heterocycles. The van der Waals surface area contributed by atoms with Crippen LogP contribution in [0.4, 0.5) is 5.13 Å². The third-order valence-electron chi connectivity index (χ3n) is 4.90. The van der Waals surface area contributed by atoms with Crippen molar-refractivity contribution in [1.82, 2.24) is 9.29 Å². The van der Waals surface area contributed by atoms with Gasteiger partial charge in [-0.3, -0.25) is 10.1 Å². The number of thiazole rings is 1. The van der Waals surface area contributed by atoms with E-state index in [4.69, 9.17) is 0 Å². The number of nitrogens with one attached hydrogen (secondary N) is 1. The number of benzene rings is 2. The highest BCUT2D eigenvalue weighted by molar-refractivity contribution is 7.90. The lowest BCUT2D eigenvalue weighted by molar-refractivity contribution is 0.102. The van der Waals surface area contributed by atoms with E-state index in [-0.39, 0.29) is 10.6 Å². The lowest BCUT2D eigenvalue weighted by atomic mass is 10.1. The highest BCUT2D eigenvalue weighted by atomic mass is 32.2. The fourth-order valence-corrected chi connectivity index (χ4v) is 6.77. The van der Waals surface area contributed by atoms with Gasteiger partial charge in [0.2, 0.25) is 10.0 Å². The summed E-state index contributed by atoms with van der Waals surface area (Å²) in [6, 6.07) is 11.2. The van der Waals surface area contributed by atoms with Gasteiger partial charge in [-0.25, -0.2) is 21.8 Å². The van der Waals surface area contributed by atoms with Crippen molar-refractivity contribution < 1.29 is 21.6 Å². The smallest absolute Gasteiger partial charge is 0.257 e. The molecule has 8 nitrogen and oxygen atoms in total. The Balaban J connectivity index is 1.55. The van der Waals surface area contributed by atoms with E-state index in [1.807, 2.05) is 0 Å². The summed E-state index contributed by atoms with van der Waals surface area (Å²) < 4.78 is 50.7. The standard InChI is InChI=1S/C20H21N3O5S3/c1-30(25,26)13-14-5-4-6-15(11-14)19(24)22-20-21-17-8-7-16(12-18(17)29-20)31(27,28)23-9-2-3-10-23/h4-8,11-12H,2-3,9-10,13H2,1H3,(H,21,22,24). The van der Waals surface area contributed by atoms with Gasteiger partial charge >= 0.3 is 0 Å². The predicted molar refractivity (Wildman–Crippen MR) is 121 cm³/mol. The summed E-state index contributed by atoms with van der Waals surface area (Å²) in [4.78, 5) is 17.2. The molecule has 0 aliphatic carbocycles. The van der Waals surface area contributed by atoms with Gasteiger partial charge in [-0.2, -0.15) is 4.31 Å². The first-order valence-corrected chi connectivity index (χ1v) is 13.9. The molecule has 11 heteroatoms. The number of amides is 1. The first-order valence-electron chi connectivity index (χ1n) is 9.61. The first kappa shape index (κ1) is 21.9. The number of sulfonamides is 1. The summed E-state index contributed by atoms with van der Waals surface area (Å²) in [7, 11) is -6.74. The Morgan fingerprint density at radius 1 is 1.10 bits per heavy atom. The molecule has 0 radical (unpaired) electrons. The van der Waals surface area contributed by atoms with Crippen LogP contribution in [-0.4, -0.2) is 51.4 Å². The van der Waals surface area contributed by atoms with Gasteiger partial charge in [0, 0.05) is 24.9 Å². The molecule has 1 fully saturated rings. The average molecular weight is 480 g/mol.